The average Bonchev–Trinajstić information content (AvgIpc) is 3.21. The standard InChI is InChI=1S/C29H18ClFN2O4/c30-19-9-12-24(32-15-19)33-26(18-7-4-8-21(13-18)36-16-17-5-2-1-3-6-17)25-27(34)22-14-20(31)10-11-23(22)37-28(25)29(33)35/h1-15,26H,16H2. The maximum absolute atomic E-state index is 14.0. The van der Waals surface area contributed by atoms with E-state index < -0.39 is 23.2 Å². The predicted octanol–water partition coefficient (Wildman–Crippen LogP) is 6.31. The molecule has 2 aromatic heterocycles. The van der Waals surface area contributed by atoms with Crippen molar-refractivity contribution >= 4 is 34.3 Å². The Balaban J connectivity index is 1.50. The number of nitrogens with zero attached hydrogens (tertiary/aromatic N) is 2. The Morgan fingerprint density at radius 1 is 0.973 bits per heavy atom. The van der Waals surface area contributed by atoms with Crippen LogP contribution in [0.3, 0.4) is 0 Å². The summed E-state index contributed by atoms with van der Waals surface area (Å²) in [7, 11) is 0. The van der Waals surface area contributed by atoms with Crippen LogP contribution in [0.5, 0.6) is 5.75 Å². The molecule has 0 bridgehead atoms. The van der Waals surface area contributed by atoms with Gasteiger partial charge in [-0.1, -0.05) is 54.1 Å². The van der Waals surface area contributed by atoms with Crippen molar-refractivity contribution in [3.05, 3.63) is 135 Å². The van der Waals surface area contributed by atoms with Crippen LogP contribution in [0, 0.1) is 5.82 Å². The number of hydrogen-bond donors (Lipinski definition) is 0. The van der Waals surface area contributed by atoms with Crippen LogP contribution in [-0.4, -0.2) is 10.9 Å². The Labute approximate surface area is 215 Å². The van der Waals surface area contributed by atoms with Crippen molar-refractivity contribution in [1.29, 1.82) is 0 Å². The summed E-state index contributed by atoms with van der Waals surface area (Å²) in [5, 5.41) is 0.454. The molecule has 182 valence electrons. The number of hydrogen-bond acceptors (Lipinski definition) is 5. The van der Waals surface area contributed by atoms with Crippen LogP contribution in [0.25, 0.3) is 11.0 Å². The molecule has 0 spiro atoms. The molecule has 5 aromatic rings. The van der Waals surface area contributed by atoms with Crippen molar-refractivity contribution in [1.82, 2.24) is 4.98 Å². The summed E-state index contributed by atoms with van der Waals surface area (Å²) in [6.07, 6.45) is 1.42. The Bertz CT molecular complexity index is 1700. The molecule has 3 heterocycles. The number of carbonyl (C=O) groups is 1. The zero-order valence-electron chi connectivity index (χ0n) is 19.2. The molecule has 0 saturated heterocycles. The molecule has 6 rings (SSSR count). The molecule has 1 aliphatic rings. The first-order valence-corrected chi connectivity index (χ1v) is 11.9. The van der Waals surface area contributed by atoms with E-state index in [1.165, 1.54) is 23.2 Å². The van der Waals surface area contributed by atoms with Gasteiger partial charge in [0.2, 0.25) is 5.76 Å². The number of amides is 1. The van der Waals surface area contributed by atoms with Gasteiger partial charge >= 0.3 is 0 Å². The highest BCUT2D eigenvalue weighted by Crippen LogP contribution is 2.41. The molecule has 1 amide bonds. The molecule has 8 heteroatoms. The number of aromatic nitrogens is 1. The van der Waals surface area contributed by atoms with Crippen LogP contribution >= 0.6 is 11.6 Å². The number of benzene rings is 3. The summed E-state index contributed by atoms with van der Waals surface area (Å²) in [5.41, 5.74) is 1.36. The monoisotopic (exact) mass is 512 g/mol. The predicted molar refractivity (Wildman–Crippen MR) is 138 cm³/mol. The lowest BCUT2D eigenvalue weighted by molar-refractivity contribution is 0.0970. The molecular weight excluding hydrogens is 495 g/mol. The van der Waals surface area contributed by atoms with Crippen LogP contribution in [0.1, 0.15) is 33.3 Å². The molecule has 0 fully saturated rings. The highest BCUT2D eigenvalue weighted by Gasteiger charge is 2.44. The van der Waals surface area contributed by atoms with E-state index in [9.17, 15) is 14.0 Å². The summed E-state index contributed by atoms with van der Waals surface area (Å²) < 4.78 is 25.9. The third-order valence-electron chi connectivity index (χ3n) is 6.21. The van der Waals surface area contributed by atoms with Crippen molar-refractivity contribution in [3.8, 4) is 5.75 Å². The minimum Gasteiger partial charge on any atom is -0.489 e. The lowest BCUT2D eigenvalue weighted by Crippen LogP contribution is -2.30. The number of carbonyl (C=O) groups excluding carboxylic acids is 1. The van der Waals surface area contributed by atoms with Crippen molar-refractivity contribution in [2.75, 3.05) is 4.90 Å². The second kappa shape index (κ2) is 9.19. The average molecular weight is 513 g/mol. The second-order valence-corrected chi connectivity index (χ2v) is 9.01. The summed E-state index contributed by atoms with van der Waals surface area (Å²) in [6, 6.07) is 22.8. The normalized spacial score (nSPS) is 14.7. The van der Waals surface area contributed by atoms with Gasteiger partial charge in [-0.3, -0.25) is 14.5 Å². The second-order valence-electron chi connectivity index (χ2n) is 8.57. The maximum atomic E-state index is 14.0. The van der Waals surface area contributed by atoms with E-state index in [0.717, 1.165) is 11.6 Å². The van der Waals surface area contributed by atoms with Gasteiger partial charge in [0.05, 0.1) is 22.0 Å². The molecule has 37 heavy (non-hydrogen) atoms. The third kappa shape index (κ3) is 4.13. The van der Waals surface area contributed by atoms with Gasteiger partial charge in [-0.15, -0.1) is 0 Å². The topological polar surface area (TPSA) is 72.6 Å². The Morgan fingerprint density at radius 2 is 1.81 bits per heavy atom. The van der Waals surface area contributed by atoms with Gasteiger partial charge in [-0.25, -0.2) is 9.37 Å². The Morgan fingerprint density at radius 3 is 2.59 bits per heavy atom. The minimum atomic E-state index is -0.875. The van der Waals surface area contributed by atoms with Crippen LogP contribution in [0.2, 0.25) is 5.02 Å². The van der Waals surface area contributed by atoms with Gasteiger partial charge in [-0.2, -0.15) is 0 Å². The highest BCUT2D eigenvalue weighted by atomic mass is 35.5. The van der Waals surface area contributed by atoms with E-state index in [2.05, 4.69) is 4.98 Å². The van der Waals surface area contributed by atoms with Crippen molar-refractivity contribution in [2.24, 2.45) is 0 Å². The first-order valence-electron chi connectivity index (χ1n) is 11.5. The summed E-state index contributed by atoms with van der Waals surface area (Å²) in [6.45, 7) is 0.346. The molecule has 6 nitrogen and oxygen atoms in total. The number of ether oxygens (including phenoxy) is 1. The molecule has 3 aromatic carbocycles. The first-order chi connectivity index (χ1) is 18.0. The zero-order chi connectivity index (χ0) is 25.5. The van der Waals surface area contributed by atoms with E-state index in [1.54, 1.807) is 36.4 Å². The number of rotatable bonds is 5. The Kier molecular flexibility index (Phi) is 5.70. The van der Waals surface area contributed by atoms with Gasteiger partial charge in [0.15, 0.2) is 5.43 Å². The van der Waals surface area contributed by atoms with E-state index in [4.69, 9.17) is 20.8 Å². The van der Waals surface area contributed by atoms with Gasteiger partial charge in [0.1, 0.15) is 29.6 Å². The van der Waals surface area contributed by atoms with E-state index in [0.29, 0.717) is 22.9 Å². The first kappa shape index (κ1) is 22.9. The zero-order valence-corrected chi connectivity index (χ0v) is 20.0. The highest BCUT2D eigenvalue weighted by molar-refractivity contribution is 6.30. The largest absolute Gasteiger partial charge is 0.489 e. The molecule has 0 N–H and O–H groups in total. The third-order valence-corrected chi connectivity index (χ3v) is 6.44. The number of anilines is 1. The van der Waals surface area contributed by atoms with Crippen molar-refractivity contribution < 1.29 is 18.3 Å². The molecule has 0 saturated carbocycles. The van der Waals surface area contributed by atoms with Crippen LogP contribution in [0.15, 0.2) is 100 Å². The Hall–Kier alpha value is -4.49. The molecule has 0 aliphatic carbocycles. The molecule has 0 radical (unpaired) electrons. The van der Waals surface area contributed by atoms with E-state index in [1.807, 2.05) is 30.3 Å². The van der Waals surface area contributed by atoms with Gasteiger partial charge in [0, 0.05) is 6.20 Å². The fourth-order valence-electron chi connectivity index (χ4n) is 4.52. The summed E-state index contributed by atoms with van der Waals surface area (Å²) in [5.74, 6) is -0.373. The molecular formula is C29H18ClFN2O4. The van der Waals surface area contributed by atoms with Crippen LogP contribution < -0.4 is 15.1 Å². The molecule has 1 unspecified atom stereocenters. The van der Waals surface area contributed by atoms with E-state index in [-0.39, 0.29) is 28.1 Å². The lowest BCUT2D eigenvalue weighted by Gasteiger charge is -2.24. The molecule has 1 atom stereocenters. The quantitative estimate of drug-likeness (QED) is 0.276. The summed E-state index contributed by atoms with van der Waals surface area (Å²) in [4.78, 5) is 33.0. The minimum absolute atomic E-state index is 0.0546. The van der Waals surface area contributed by atoms with Crippen LogP contribution in [0.4, 0.5) is 10.2 Å². The van der Waals surface area contributed by atoms with Gasteiger partial charge < -0.3 is 9.15 Å². The van der Waals surface area contributed by atoms with Gasteiger partial charge in [0.25, 0.3) is 5.91 Å². The lowest BCUT2D eigenvalue weighted by atomic mass is 9.98. The number of halogens is 2. The SMILES string of the molecule is O=C1c2oc3ccc(F)cc3c(=O)c2C(c2cccc(OCc3ccccc3)c2)N1c1ccc(Cl)cn1. The smallest absolute Gasteiger partial charge is 0.296 e. The summed E-state index contributed by atoms with van der Waals surface area (Å²) >= 11 is 6.03. The fraction of sp³-hybridized carbons (Fsp3) is 0.0690. The maximum Gasteiger partial charge on any atom is 0.296 e. The van der Waals surface area contributed by atoms with E-state index >= 15 is 0 Å². The number of fused-ring (bicyclic) bond motifs is 2. The van der Waals surface area contributed by atoms with Crippen molar-refractivity contribution in [3.63, 3.8) is 0 Å². The van der Waals surface area contributed by atoms with Crippen molar-refractivity contribution in [2.45, 2.75) is 12.6 Å². The van der Waals surface area contributed by atoms with Crippen LogP contribution in [-0.2, 0) is 6.61 Å². The van der Waals surface area contributed by atoms with Gasteiger partial charge in [-0.05, 0) is 53.6 Å². The fourth-order valence-corrected chi connectivity index (χ4v) is 4.63. The number of pyridine rings is 1. The molecule has 1 aliphatic heterocycles.